The minimum absolute atomic E-state index is 0.0207. The fraction of sp³-hybridized carbons (Fsp3) is 0. The van der Waals surface area contributed by atoms with Gasteiger partial charge in [-0.1, -0.05) is 30.3 Å². The van der Waals surface area contributed by atoms with Crippen LogP contribution in [0.1, 0.15) is 11.3 Å². The molecule has 0 spiro atoms. The van der Waals surface area contributed by atoms with Crippen LogP contribution in [0.3, 0.4) is 0 Å². The molecule has 3 aromatic rings. The maximum atomic E-state index is 12.0. The smallest absolute Gasteiger partial charge is 0.402 e. The minimum atomic E-state index is -0.654. The zero-order chi connectivity index (χ0) is 17.4. The van der Waals surface area contributed by atoms with E-state index >= 15 is 0 Å². The summed E-state index contributed by atoms with van der Waals surface area (Å²) in [7, 11) is 0. The van der Waals surface area contributed by atoms with E-state index in [1.54, 1.807) is 0 Å². The fourth-order valence-electron chi connectivity index (χ4n) is 2.51. The van der Waals surface area contributed by atoms with Crippen molar-refractivity contribution in [2.75, 3.05) is 0 Å². The number of hydrogen-bond donors (Lipinski definition) is 0. The highest BCUT2D eigenvalue weighted by Crippen LogP contribution is 2.24. The van der Waals surface area contributed by atoms with Crippen molar-refractivity contribution in [3.05, 3.63) is 81.7 Å². The molecule has 0 unspecified atom stereocenters. The fourth-order valence-corrected chi connectivity index (χ4v) is 2.51. The highest BCUT2D eigenvalue weighted by molar-refractivity contribution is 6.13. The third-order valence-corrected chi connectivity index (χ3v) is 3.69. The molecule has 7 nitrogen and oxygen atoms in total. The Hall–Kier alpha value is -3.74. The summed E-state index contributed by atoms with van der Waals surface area (Å²) < 4.78 is 10.2. The molecule has 7 heteroatoms. The number of aliphatic imine (C=N–C) groups is 1. The first-order chi connectivity index (χ1) is 12.1. The monoisotopic (exact) mass is 334 g/mol. The van der Waals surface area contributed by atoms with Crippen molar-refractivity contribution in [1.29, 1.82) is 0 Å². The van der Waals surface area contributed by atoms with Gasteiger partial charge >= 0.3 is 11.9 Å². The lowest BCUT2D eigenvalue weighted by molar-refractivity contribution is -0.402. The Kier molecular flexibility index (Phi) is 3.39. The summed E-state index contributed by atoms with van der Waals surface area (Å²) in [6.07, 6.45) is 1.31. The summed E-state index contributed by atoms with van der Waals surface area (Å²) in [5.74, 6) is -0.704. The van der Waals surface area contributed by atoms with Gasteiger partial charge in [0.05, 0.1) is 6.07 Å². The van der Waals surface area contributed by atoms with Crippen molar-refractivity contribution in [1.82, 2.24) is 0 Å². The molecular weight excluding hydrogens is 324 g/mol. The molecule has 0 radical (unpaired) electrons. The van der Waals surface area contributed by atoms with Gasteiger partial charge in [0.1, 0.15) is 10.7 Å². The van der Waals surface area contributed by atoms with Crippen LogP contribution in [0, 0.1) is 10.1 Å². The van der Waals surface area contributed by atoms with Crippen LogP contribution in [-0.4, -0.2) is 16.8 Å². The van der Waals surface area contributed by atoms with Crippen LogP contribution < -0.4 is 0 Å². The van der Waals surface area contributed by atoms with Crippen LogP contribution in [0.5, 0.6) is 0 Å². The van der Waals surface area contributed by atoms with Gasteiger partial charge in [0.25, 0.3) is 0 Å². The van der Waals surface area contributed by atoms with Crippen molar-refractivity contribution in [3.8, 4) is 0 Å². The van der Waals surface area contributed by atoms with E-state index < -0.39 is 16.8 Å². The molecule has 25 heavy (non-hydrogen) atoms. The quantitative estimate of drug-likeness (QED) is 0.315. The van der Waals surface area contributed by atoms with E-state index in [1.165, 1.54) is 18.2 Å². The first-order valence-corrected chi connectivity index (χ1v) is 7.36. The number of fused-ring (bicyclic) bond motifs is 1. The lowest BCUT2D eigenvalue weighted by Gasteiger charge is -2.02. The summed E-state index contributed by atoms with van der Waals surface area (Å²) in [6, 6.07) is 16.0. The van der Waals surface area contributed by atoms with Gasteiger partial charge in [-0.2, -0.15) is 0 Å². The van der Waals surface area contributed by atoms with E-state index in [-0.39, 0.29) is 17.4 Å². The molecular formula is C18H10N2O5. The highest BCUT2D eigenvalue weighted by Gasteiger charge is 2.25. The Balaban J connectivity index is 1.68. The van der Waals surface area contributed by atoms with Crippen LogP contribution >= 0.6 is 0 Å². The molecule has 0 amide bonds. The average molecular weight is 334 g/mol. The van der Waals surface area contributed by atoms with Crippen LogP contribution in [0.15, 0.2) is 69.7 Å². The Morgan fingerprint density at radius 2 is 1.84 bits per heavy atom. The standard InChI is InChI=1S/C18H10N2O5/c21-18-15(10-14-7-8-16(24-14)20(22)23)19-17(25-18)13-6-5-11-3-1-2-4-12(11)9-13/h1-10H/b15-10-. The van der Waals surface area contributed by atoms with Gasteiger partial charge in [0, 0.05) is 11.6 Å². The predicted molar refractivity (Wildman–Crippen MR) is 89.9 cm³/mol. The Labute approximate surface area is 141 Å². The molecule has 4 rings (SSSR count). The van der Waals surface area contributed by atoms with Gasteiger partial charge < -0.3 is 9.15 Å². The van der Waals surface area contributed by atoms with Gasteiger partial charge in [0.15, 0.2) is 5.70 Å². The second-order valence-corrected chi connectivity index (χ2v) is 5.33. The minimum Gasteiger partial charge on any atom is -0.402 e. The van der Waals surface area contributed by atoms with E-state index in [0.717, 1.165) is 10.8 Å². The third kappa shape index (κ3) is 2.78. The molecule has 122 valence electrons. The average Bonchev–Trinajstić information content (AvgIpc) is 3.22. The number of furan rings is 1. The van der Waals surface area contributed by atoms with Gasteiger partial charge in [-0.05, 0) is 29.0 Å². The molecule has 0 fully saturated rings. The number of benzene rings is 2. The predicted octanol–water partition coefficient (Wildman–Crippen LogP) is 3.69. The molecule has 1 aromatic heterocycles. The normalized spacial score (nSPS) is 15.4. The zero-order valence-electron chi connectivity index (χ0n) is 12.7. The second kappa shape index (κ2) is 5.72. The summed E-state index contributed by atoms with van der Waals surface area (Å²) >= 11 is 0. The highest BCUT2D eigenvalue weighted by atomic mass is 16.6. The maximum Gasteiger partial charge on any atom is 0.433 e. The number of nitro groups is 1. The zero-order valence-corrected chi connectivity index (χ0v) is 12.7. The van der Waals surface area contributed by atoms with Crippen molar-refractivity contribution in [2.24, 2.45) is 4.99 Å². The van der Waals surface area contributed by atoms with E-state index in [4.69, 9.17) is 9.15 Å². The van der Waals surface area contributed by atoms with Gasteiger partial charge in [-0.15, -0.1) is 0 Å². The molecule has 0 saturated carbocycles. The Morgan fingerprint density at radius 3 is 2.60 bits per heavy atom. The van der Waals surface area contributed by atoms with Gasteiger partial charge in [-0.25, -0.2) is 9.79 Å². The summed E-state index contributed by atoms with van der Waals surface area (Å²) in [6.45, 7) is 0. The number of carbonyl (C=O) groups is 1. The number of nitrogens with zero attached hydrogens (tertiary/aromatic N) is 2. The number of rotatable bonds is 3. The van der Waals surface area contributed by atoms with E-state index in [9.17, 15) is 14.9 Å². The molecule has 0 N–H and O–H groups in total. The Bertz CT molecular complexity index is 1080. The van der Waals surface area contributed by atoms with E-state index in [0.29, 0.717) is 5.56 Å². The number of carbonyl (C=O) groups excluding carboxylic acids is 1. The summed E-state index contributed by atoms with van der Waals surface area (Å²) in [4.78, 5) is 26.1. The first-order valence-electron chi connectivity index (χ1n) is 7.36. The number of cyclic esters (lactones) is 1. The largest absolute Gasteiger partial charge is 0.433 e. The van der Waals surface area contributed by atoms with Crippen LogP contribution in [0.4, 0.5) is 5.88 Å². The number of ether oxygens (including phenoxy) is 1. The van der Waals surface area contributed by atoms with E-state index in [1.807, 2.05) is 42.5 Å². The number of hydrogen-bond acceptors (Lipinski definition) is 6. The molecule has 1 aliphatic heterocycles. The molecule has 2 aromatic carbocycles. The third-order valence-electron chi connectivity index (χ3n) is 3.69. The molecule has 2 heterocycles. The summed E-state index contributed by atoms with van der Waals surface area (Å²) in [5.41, 5.74) is 0.688. The number of esters is 1. The SMILES string of the molecule is O=C1OC(c2ccc3ccccc3c2)=N/C1=C\c1ccc([N+](=O)[O-])o1. The molecule has 1 aliphatic rings. The maximum absolute atomic E-state index is 12.0. The van der Waals surface area contributed by atoms with E-state index in [2.05, 4.69) is 4.99 Å². The van der Waals surface area contributed by atoms with Crippen LogP contribution in [-0.2, 0) is 9.53 Å². The Morgan fingerprint density at radius 1 is 1.04 bits per heavy atom. The van der Waals surface area contributed by atoms with Gasteiger partial charge in [0.2, 0.25) is 5.90 Å². The van der Waals surface area contributed by atoms with Crippen molar-refractivity contribution in [3.63, 3.8) is 0 Å². The lowest BCUT2D eigenvalue weighted by atomic mass is 10.1. The topological polar surface area (TPSA) is 94.9 Å². The first kappa shape index (κ1) is 14.8. The summed E-state index contributed by atoms with van der Waals surface area (Å²) in [5, 5.41) is 12.7. The molecule has 0 bridgehead atoms. The molecule has 0 saturated heterocycles. The molecule has 0 aliphatic carbocycles. The van der Waals surface area contributed by atoms with Gasteiger partial charge in [-0.3, -0.25) is 10.1 Å². The lowest BCUT2D eigenvalue weighted by Crippen LogP contribution is -2.05. The van der Waals surface area contributed by atoms with Crippen molar-refractivity contribution in [2.45, 2.75) is 0 Å². The van der Waals surface area contributed by atoms with Crippen LogP contribution in [0.2, 0.25) is 0 Å². The van der Waals surface area contributed by atoms with Crippen LogP contribution in [0.25, 0.3) is 16.8 Å². The molecule has 0 atom stereocenters. The van der Waals surface area contributed by atoms with Crippen molar-refractivity contribution >= 4 is 34.6 Å². The second-order valence-electron chi connectivity index (χ2n) is 5.33. The van der Waals surface area contributed by atoms with Crippen molar-refractivity contribution < 1.29 is 18.9 Å².